The number of nitrogens with zero attached hydrogens (tertiary/aromatic N) is 1. The van der Waals surface area contributed by atoms with Gasteiger partial charge in [0.2, 0.25) is 5.91 Å². The summed E-state index contributed by atoms with van der Waals surface area (Å²) in [5.41, 5.74) is 0. The van der Waals surface area contributed by atoms with Crippen molar-refractivity contribution < 1.29 is 9.90 Å². The second-order valence-electron chi connectivity index (χ2n) is 4.53. The highest BCUT2D eigenvalue weighted by Crippen LogP contribution is 2.10. The van der Waals surface area contributed by atoms with Crippen LogP contribution in [0.15, 0.2) is 0 Å². The lowest BCUT2D eigenvalue weighted by atomic mass is 10.0. The zero-order valence-electron chi connectivity index (χ0n) is 9.70. The third kappa shape index (κ3) is 4.18. The molecular weight excluding hydrogens is 192 g/mol. The number of carbonyl (C=O) groups excluding carboxylic acids is 1. The fourth-order valence-corrected chi connectivity index (χ4v) is 1.89. The van der Waals surface area contributed by atoms with Crippen molar-refractivity contribution in [2.75, 3.05) is 26.2 Å². The first kappa shape index (κ1) is 12.5. The van der Waals surface area contributed by atoms with E-state index in [4.69, 9.17) is 5.11 Å². The SMILES string of the molecule is CC(C)C(=O)NC1CCCN(CCO)C1. The molecule has 1 unspecified atom stereocenters. The van der Waals surface area contributed by atoms with Gasteiger partial charge in [-0.2, -0.15) is 0 Å². The molecule has 0 aliphatic carbocycles. The summed E-state index contributed by atoms with van der Waals surface area (Å²) in [6, 6.07) is 0.264. The Balaban J connectivity index is 2.32. The minimum atomic E-state index is 0.0539. The number of likely N-dealkylation sites (tertiary alicyclic amines) is 1. The van der Waals surface area contributed by atoms with Gasteiger partial charge in [0.05, 0.1) is 6.61 Å². The van der Waals surface area contributed by atoms with Crippen molar-refractivity contribution >= 4 is 5.91 Å². The number of nitrogens with one attached hydrogen (secondary N) is 1. The zero-order valence-corrected chi connectivity index (χ0v) is 9.70. The van der Waals surface area contributed by atoms with Gasteiger partial charge in [0.15, 0.2) is 0 Å². The van der Waals surface area contributed by atoms with Gasteiger partial charge in [-0.1, -0.05) is 13.8 Å². The highest BCUT2D eigenvalue weighted by atomic mass is 16.3. The molecule has 0 aromatic heterocycles. The van der Waals surface area contributed by atoms with Crippen LogP contribution in [0.1, 0.15) is 26.7 Å². The van der Waals surface area contributed by atoms with Crippen molar-refractivity contribution in [3.63, 3.8) is 0 Å². The molecule has 1 atom stereocenters. The second kappa shape index (κ2) is 6.08. The molecule has 88 valence electrons. The van der Waals surface area contributed by atoms with E-state index in [1.807, 2.05) is 13.8 Å². The van der Waals surface area contributed by atoms with E-state index in [2.05, 4.69) is 10.2 Å². The molecule has 0 aromatic carbocycles. The number of hydrogen-bond acceptors (Lipinski definition) is 3. The molecule has 1 aliphatic rings. The molecule has 0 saturated carbocycles. The number of hydrogen-bond donors (Lipinski definition) is 2. The molecule has 0 radical (unpaired) electrons. The number of amides is 1. The van der Waals surface area contributed by atoms with Crippen LogP contribution >= 0.6 is 0 Å². The molecular formula is C11H22N2O2. The number of carbonyl (C=O) groups is 1. The van der Waals surface area contributed by atoms with Gasteiger partial charge >= 0.3 is 0 Å². The minimum Gasteiger partial charge on any atom is -0.395 e. The van der Waals surface area contributed by atoms with Crippen LogP contribution in [0, 0.1) is 5.92 Å². The van der Waals surface area contributed by atoms with Gasteiger partial charge < -0.3 is 10.4 Å². The van der Waals surface area contributed by atoms with Crippen molar-refractivity contribution in [3.05, 3.63) is 0 Å². The molecule has 0 aromatic rings. The van der Waals surface area contributed by atoms with E-state index in [-0.39, 0.29) is 24.5 Å². The minimum absolute atomic E-state index is 0.0539. The number of β-amino-alcohol motifs (C(OH)–C–C–N with tert-alkyl or cyclic N) is 1. The summed E-state index contributed by atoms with van der Waals surface area (Å²) in [5.74, 6) is 0.184. The molecule has 15 heavy (non-hydrogen) atoms. The van der Waals surface area contributed by atoms with Crippen LogP contribution in [0.2, 0.25) is 0 Å². The van der Waals surface area contributed by atoms with Crippen molar-refractivity contribution in [2.24, 2.45) is 5.92 Å². The third-order valence-electron chi connectivity index (χ3n) is 2.79. The topological polar surface area (TPSA) is 52.6 Å². The summed E-state index contributed by atoms with van der Waals surface area (Å²) in [6.07, 6.45) is 2.16. The largest absolute Gasteiger partial charge is 0.395 e. The normalized spacial score (nSPS) is 23.1. The van der Waals surface area contributed by atoms with Gasteiger partial charge in [0, 0.05) is 25.0 Å². The van der Waals surface area contributed by atoms with E-state index in [1.165, 1.54) is 0 Å². The molecule has 1 saturated heterocycles. The molecule has 1 amide bonds. The third-order valence-corrected chi connectivity index (χ3v) is 2.79. The van der Waals surface area contributed by atoms with Gasteiger partial charge in [-0.05, 0) is 19.4 Å². The quantitative estimate of drug-likeness (QED) is 0.703. The highest BCUT2D eigenvalue weighted by molar-refractivity contribution is 5.78. The molecule has 4 nitrogen and oxygen atoms in total. The lowest BCUT2D eigenvalue weighted by Crippen LogP contribution is -2.49. The number of piperidine rings is 1. The van der Waals surface area contributed by atoms with Crippen LogP contribution in [0.4, 0.5) is 0 Å². The Morgan fingerprint density at radius 3 is 2.93 bits per heavy atom. The predicted octanol–water partition coefficient (Wildman–Crippen LogP) is 0.215. The van der Waals surface area contributed by atoms with Crippen molar-refractivity contribution in [1.29, 1.82) is 0 Å². The monoisotopic (exact) mass is 214 g/mol. The molecule has 1 aliphatic heterocycles. The molecule has 1 heterocycles. The molecule has 4 heteroatoms. The van der Waals surface area contributed by atoms with Crippen molar-refractivity contribution in [1.82, 2.24) is 10.2 Å². The molecule has 1 fully saturated rings. The van der Waals surface area contributed by atoms with Crippen LogP contribution < -0.4 is 5.32 Å². The average Bonchev–Trinajstić information content (AvgIpc) is 2.18. The summed E-state index contributed by atoms with van der Waals surface area (Å²) in [7, 11) is 0. The van der Waals surface area contributed by atoms with E-state index in [1.54, 1.807) is 0 Å². The maximum Gasteiger partial charge on any atom is 0.222 e. The first-order valence-electron chi connectivity index (χ1n) is 5.77. The Labute approximate surface area is 91.6 Å². The van der Waals surface area contributed by atoms with Crippen LogP contribution in [-0.2, 0) is 4.79 Å². The Morgan fingerprint density at radius 1 is 1.60 bits per heavy atom. The lowest BCUT2D eigenvalue weighted by Gasteiger charge is -2.33. The Kier molecular flexibility index (Phi) is 5.05. The molecule has 0 bridgehead atoms. The summed E-state index contributed by atoms with van der Waals surface area (Å²) >= 11 is 0. The summed E-state index contributed by atoms with van der Waals surface area (Å²) in [5, 5.41) is 11.9. The number of aliphatic hydroxyl groups is 1. The fourth-order valence-electron chi connectivity index (χ4n) is 1.89. The van der Waals surface area contributed by atoms with Gasteiger partial charge in [-0.3, -0.25) is 9.69 Å². The zero-order chi connectivity index (χ0) is 11.3. The molecule has 2 N–H and O–H groups in total. The predicted molar refractivity (Wildman–Crippen MR) is 59.5 cm³/mol. The van der Waals surface area contributed by atoms with E-state index in [9.17, 15) is 4.79 Å². The summed E-state index contributed by atoms with van der Waals surface area (Å²) < 4.78 is 0. The summed E-state index contributed by atoms with van der Waals surface area (Å²) in [4.78, 5) is 13.7. The number of rotatable bonds is 4. The first-order valence-corrected chi connectivity index (χ1v) is 5.77. The maximum absolute atomic E-state index is 11.5. The van der Waals surface area contributed by atoms with E-state index in [0.717, 1.165) is 25.9 Å². The Hall–Kier alpha value is -0.610. The average molecular weight is 214 g/mol. The van der Waals surface area contributed by atoms with E-state index >= 15 is 0 Å². The van der Waals surface area contributed by atoms with Gasteiger partial charge in [-0.25, -0.2) is 0 Å². The van der Waals surface area contributed by atoms with Crippen molar-refractivity contribution in [2.45, 2.75) is 32.7 Å². The van der Waals surface area contributed by atoms with Gasteiger partial charge in [0.25, 0.3) is 0 Å². The number of aliphatic hydroxyl groups excluding tert-OH is 1. The molecule has 0 spiro atoms. The Bertz CT molecular complexity index is 205. The van der Waals surface area contributed by atoms with Crippen LogP contribution in [0.25, 0.3) is 0 Å². The van der Waals surface area contributed by atoms with Crippen molar-refractivity contribution in [3.8, 4) is 0 Å². The second-order valence-corrected chi connectivity index (χ2v) is 4.53. The standard InChI is InChI=1S/C11H22N2O2/c1-9(2)11(15)12-10-4-3-5-13(8-10)6-7-14/h9-10,14H,3-8H2,1-2H3,(H,12,15). The highest BCUT2D eigenvalue weighted by Gasteiger charge is 2.21. The van der Waals surface area contributed by atoms with Crippen LogP contribution in [0.5, 0.6) is 0 Å². The Morgan fingerprint density at radius 2 is 2.33 bits per heavy atom. The molecule has 1 rings (SSSR count). The summed E-state index contributed by atoms with van der Waals surface area (Å²) in [6.45, 7) is 6.64. The van der Waals surface area contributed by atoms with Gasteiger partial charge in [-0.15, -0.1) is 0 Å². The smallest absolute Gasteiger partial charge is 0.222 e. The van der Waals surface area contributed by atoms with E-state index in [0.29, 0.717) is 6.54 Å². The van der Waals surface area contributed by atoms with Crippen LogP contribution in [-0.4, -0.2) is 48.2 Å². The lowest BCUT2D eigenvalue weighted by molar-refractivity contribution is -0.125. The van der Waals surface area contributed by atoms with Gasteiger partial charge in [0.1, 0.15) is 0 Å². The van der Waals surface area contributed by atoms with E-state index < -0.39 is 0 Å². The maximum atomic E-state index is 11.5. The van der Waals surface area contributed by atoms with Crippen LogP contribution in [0.3, 0.4) is 0 Å². The fraction of sp³-hybridized carbons (Fsp3) is 0.909. The first-order chi connectivity index (χ1) is 7.13.